The Labute approximate surface area is 248 Å². The van der Waals surface area contributed by atoms with Gasteiger partial charge >= 0.3 is 5.97 Å². The highest BCUT2D eigenvalue weighted by Crippen LogP contribution is 2.40. The Morgan fingerprint density at radius 3 is 2.80 bits per heavy atom. The van der Waals surface area contributed by atoms with E-state index in [0.29, 0.717) is 48.9 Å². The molecule has 6 rings (SSSR count). The van der Waals surface area contributed by atoms with E-state index < -0.39 is 5.97 Å². The van der Waals surface area contributed by atoms with Gasteiger partial charge in [-0.15, -0.1) is 22.7 Å². The topological polar surface area (TPSA) is 103 Å². The molecular formula is C30H27N3O5S3. The van der Waals surface area contributed by atoms with E-state index in [4.69, 9.17) is 14.1 Å². The molecule has 4 aromatic heterocycles. The number of carbonyl (C=O) groups excluding carboxylic acids is 2. The Morgan fingerprint density at radius 2 is 2.05 bits per heavy atom. The monoisotopic (exact) mass is 605 g/mol. The molecular weight excluding hydrogens is 579 g/mol. The third-order valence-corrected chi connectivity index (χ3v) is 9.94. The van der Waals surface area contributed by atoms with Crippen LogP contribution in [0.1, 0.15) is 41.1 Å². The number of thioether (sulfide) groups is 1. The summed E-state index contributed by atoms with van der Waals surface area (Å²) in [5.74, 6) is 0.431. The molecule has 1 atom stereocenters. The molecule has 1 N–H and O–H groups in total. The molecule has 0 bridgehead atoms. The first-order valence-electron chi connectivity index (χ1n) is 13.3. The summed E-state index contributed by atoms with van der Waals surface area (Å²) in [6.45, 7) is 4.23. The average Bonchev–Trinajstić information content (AvgIpc) is 3.71. The van der Waals surface area contributed by atoms with Crippen molar-refractivity contribution in [3.05, 3.63) is 80.5 Å². The van der Waals surface area contributed by atoms with Gasteiger partial charge in [0, 0.05) is 15.8 Å². The first-order valence-corrected chi connectivity index (χ1v) is 16.0. The third kappa shape index (κ3) is 5.37. The van der Waals surface area contributed by atoms with Crippen molar-refractivity contribution in [1.82, 2.24) is 9.55 Å². The molecule has 41 heavy (non-hydrogen) atoms. The smallest absolute Gasteiger partial charge is 0.341 e. The van der Waals surface area contributed by atoms with E-state index in [2.05, 4.69) is 12.2 Å². The van der Waals surface area contributed by atoms with Crippen molar-refractivity contribution in [1.29, 1.82) is 0 Å². The average molecular weight is 606 g/mol. The van der Waals surface area contributed by atoms with Crippen LogP contribution in [0.4, 0.5) is 5.00 Å². The molecule has 1 aromatic carbocycles. The van der Waals surface area contributed by atoms with E-state index in [1.165, 1.54) is 39.0 Å². The summed E-state index contributed by atoms with van der Waals surface area (Å²) in [5, 5.41) is 6.23. The fourth-order valence-corrected chi connectivity index (χ4v) is 8.23. The van der Waals surface area contributed by atoms with Gasteiger partial charge in [-0.05, 0) is 61.9 Å². The lowest BCUT2D eigenvalue weighted by atomic mass is 9.88. The van der Waals surface area contributed by atoms with E-state index >= 15 is 0 Å². The number of anilines is 1. The predicted octanol–water partition coefficient (Wildman–Crippen LogP) is 6.80. The zero-order valence-corrected chi connectivity index (χ0v) is 24.9. The maximum Gasteiger partial charge on any atom is 0.341 e. The number of amides is 1. The molecule has 0 radical (unpaired) electrons. The zero-order valence-electron chi connectivity index (χ0n) is 22.5. The number of hydrogen-bond acceptors (Lipinski definition) is 9. The summed E-state index contributed by atoms with van der Waals surface area (Å²) < 4.78 is 12.4. The standard InChI is InChI=1S/C30H27N3O5S3/c1-3-37-29(36)25-19-12-11-17(2)14-22(19)41-27(25)31-23(34)16-40-30-32-26-24(20(15-39-26)21-10-7-13-38-21)28(35)33(30)18-8-5-4-6-9-18/h4-10,13,15,17H,3,11-12,14,16H2,1-2H3,(H,31,34)/t17-/m1/s1. The Hall–Kier alpha value is -3.67. The molecule has 11 heteroatoms. The largest absolute Gasteiger partial charge is 0.464 e. The van der Waals surface area contributed by atoms with Crippen LogP contribution in [0.15, 0.2) is 68.5 Å². The number of benzene rings is 1. The van der Waals surface area contributed by atoms with Crippen LogP contribution in [0.5, 0.6) is 0 Å². The molecule has 1 aliphatic carbocycles. The number of para-hydroxylation sites is 1. The van der Waals surface area contributed by atoms with Crippen molar-refractivity contribution >= 4 is 61.5 Å². The Balaban J connectivity index is 1.31. The van der Waals surface area contributed by atoms with Crippen LogP contribution in [0.3, 0.4) is 0 Å². The summed E-state index contributed by atoms with van der Waals surface area (Å²) in [5.41, 5.74) is 2.57. The lowest BCUT2D eigenvalue weighted by molar-refractivity contribution is -0.113. The number of esters is 1. The van der Waals surface area contributed by atoms with Crippen molar-refractivity contribution < 1.29 is 18.7 Å². The molecule has 0 fully saturated rings. The number of nitrogens with one attached hydrogen (secondary N) is 1. The fourth-order valence-electron chi connectivity index (χ4n) is 5.04. The highest BCUT2D eigenvalue weighted by atomic mass is 32.2. The van der Waals surface area contributed by atoms with Crippen molar-refractivity contribution in [3.63, 3.8) is 0 Å². The van der Waals surface area contributed by atoms with Crippen LogP contribution in [-0.2, 0) is 22.4 Å². The fraction of sp³-hybridized carbons (Fsp3) is 0.267. The Kier molecular flexibility index (Phi) is 7.83. The summed E-state index contributed by atoms with van der Waals surface area (Å²) in [7, 11) is 0. The summed E-state index contributed by atoms with van der Waals surface area (Å²) in [4.78, 5) is 46.5. The number of hydrogen-bond donors (Lipinski definition) is 1. The SMILES string of the molecule is CCOC(=O)c1c(NC(=O)CSc2nc3scc(-c4ccco4)c3c(=O)n2-c2ccccc2)sc2c1CC[C@@H](C)C2. The molecule has 0 spiro atoms. The zero-order chi connectivity index (χ0) is 28.5. The molecule has 210 valence electrons. The van der Waals surface area contributed by atoms with Crippen molar-refractivity contribution in [2.24, 2.45) is 5.92 Å². The van der Waals surface area contributed by atoms with E-state index in [-0.39, 0.29) is 23.8 Å². The summed E-state index contributed by atoms with van der Waals surface area (Å²) in [6.07, 6.45) is 4.24. The van der Waals surface area contributed by atoms with Crippen LogP contribution >= 0.6 is 34.4 Å². The number of fused-ring (bicyclic) bond motifs is 2. The molecule has 8 nitrogen and oxygen atoms in total. The van der Waals surface area contributed by atoms with Gasteiger partial charge in [-0.3, -0.25) is 14.2 Å². The second-order valence-electron chi connectivity index (χ2n) is 9.79. The first-order chi connectivity index (χ1) is 19.9. The lowest BCUT2D eigenvalue weighted by Gasteiger charge is -2.18. The number of ether oxygens (including phenoxy) is 1. The van der Waals surface area contributed by atoms with Gasteiger partial charge in [0.1, 0.15) is 15.6 Å². The number of aromatic nitrogens is 2. The van der Waals surface area contributed by atoms with Gasteiger partial charge in [-0.25, -0.2) is 9.78 Å². The molecule has 0 unspecified atom stereocenters. The number of rotatable bonds is 8. The van der Waals surface area contributed by atoms with Crippen molar-refractivity contribution in [3.8, 4) is 17.0 Å². The second kappa shape index (κ2) is 11.7. The molecule has 0 saturated heterocycles. The number of furan rings is 1. The Morgan fingerprint density at radius 1 is 1.22 bits per heavy atom. The van der Waals surface area contributed by atoms with Crippen LogP contribution in [0, 0.1) is 5.92 Å². The van der Waals surface area contributed by atoms with Crippen LogP contribution in [0.2, 0.25) is 0 Å². The number of nitrogens with zero attached hydrogens (tertiary/aromatic N) is 2. The van der Waals surface area contributed by atoms with Gasteiger partial charge in [0.25, 0.3) is 5.56 Å². The van der Waals surface area contributed by atoms with Crippen LogP contribution < -0.4 is 10.9 Å². The van der Waals surface area contributed by atoms with E-state index in [1.54, 1.807) is 19.3 Å². The Bertz CT molecular complexity index is 1790. The summed E-state index contributed by atoms with van der Waals surface area (Å²) in [6, 6.07) is 12.8. The van der Waals surface area contributed by atoms with Gasteiger partial charge in [0.05, 0.1) is 35.3 Å². The van der Waals surface area contributed by atoms with Gasteiger partial charge in [-0.2, -0.15) is 0 Å². The summed E-state index contributed by atoms with van der Waals surface area (Å²) >= 11 is 3.99. The molecule has 0 aliphatic heterocycles. The van der Waals surface area contributed by atoms with Gasteiger partial charge in [0.2, 0.25) is 5.91 Å². The normalized spacial score (nSPS) is 14.6. The van der Waals surface area contributed by atoms with Crippen LogP contribution in [-0.4, -0.2) is 33.8 Å². The lowest BCUT2D eigenvalue weighted by Crippen LogP contribution is -2.23. The minimum atomic E-state index is -0.405. The molecule has 5 aromatic rings. The molecule has 0 saturated carbocycles. The maximum absolute atomic E-state index is 13.9. The van der Waals surface area contributed by atoms with Crippen molar-refractivity contribution in [2.75, 3.05) is 17.7 Å². The first kappa shape index (κ1) is 27.5. The van der Waals surface area contributed by atoms with E-state index in [0.717, 1.165) is 29.7 Å². The predicted molar refractivity (Wildman–Crippen MR) is 164 cm³/mol. The number of thiophene rings is 2. The minimum absolute atomic E-state index is 0.00241. The maximum atomic E-state index is 13.9. The van der Waals surface area contributed by atoms with Crippen molar-refractivity contribution in [2.45, 2.75) is 38.3 Å². The molecule has 1 aliphatic rings. The van der Waals surface area contributed by atoms with Crippen LogP contribution in [0.25, 0.3) is 27.2 Å². The van der Waals surface area contributed by atoms with Gasteiger partial charge < -0.3 is 14.5 Å². The third-order valence-electron chi connectivity index (χ3n) is 6.95. The number of carbonyl (C=O) groups is 2. The van der Waals surface area contributed by atoms with Gasteiger partial charge in [-0.1, -0.05) is 36.9 Å². The highest BCUT2D eigenvalue weighted by Gasteiger charge is 2.29. The second-order valence-corrected chi connectivity index (χ2v) is 12.7. The van der Waals surface area contributed by atoms with E-state index in [1.807, 2.05) is 41.8 Å². The highest BCUT2D eigenvalue weighted by molar-refractivity contribution is 7.99. The minimum Gasteiger partial charge on any atom is -0.464 e. The molecule has 4 heterocycles. The molecule has 1 amide bonds. The van der Waals surface area contributed by atoms with Gasteiger partial charge in [0.15, 0.2) is 5.16 Å². The van der Waals surface area contributed by atoms with E-state index in [9.17, 15) is 14.4 Å². The quantitative estimate of drug-likeness (QED) is 0.118.